The van der Waals surface area contributed by atoms with Gasteiger partial charge in [0, 0.05) is 12.3 Å². The van der Waals surface area contributed by atoms with E-state index in [0.29, 0.717) is 0 Å². The maximum atomic E-state index is 3.94. The van der Waals surface area contributed by atoms with E-state index in [-0.39, 0.29) is 0 Å². The standard InChI is InChI=1S/C9H8N4/c1-10-13-7-9(11-12-13)8-5-3-2-4-6-8/h2-7H,1H2. The van der Waals surface area contributed by atoms with Crippen LogP contribution in [0.15, 0.2) is 41.6 Å². The zero-order valence-electron chi connectivity index (χ0n) is 6.96. The Kier molecular flexibility index (Phi) is 1.88. The molecule has 1 aromatic heterocycles. The topological polar surface area (TPSA) is 43.1 Å². The van der Waals surface area contributed by atoms with Gasteiger partial charge in [0.05, 0.1) is 6.20 Å². The lowest BCUT2D eigenvalue weighted by Gasteiger charge is -1.91. The first kappa shape index (κ1) is 7.67. The van der Waals surface area contributed by atoms with Gasteiger partial charge in [0.15, 0.2) is 0 Å². The molecule has 0 saturated heterocycles. The van der Waals surface area contributed by atoms with E-state index >= 15 is 0 Å². The van der Waals surface area contributed by atoms with Crippen molar-refractivity contribution in [3.05, 3.63) is 36.5 Å². The molecule has 0 aliphatic rings. The number of aromatic nitrogens is 3. The molecule has 0 saturated carbocycles. The third kappa shape index (κ3) is 1.46. The van der Waals surface area contributed by atoms with E-state index in [2.05, 4.69) is 22.1 Å². The van der Waals surface area contributed by atoms with Gasteiger partial charge in [-0.25, -0.2) is 0 Å². The molecule has 4 nitrogen and oxygen atoms in total. The largest absolute Gasteiger partial charge is 0.166 e. The monoisotopic (exact) mass is 172 g/mol. The highest BCUT2D eigenvalue weighted by Gasteiger charge is 2.00. The molecule has 0 fully saturated rings. The van der Waals surface area contributed by atoms with E-state index in [1.165, 1.54) is 4.79 Å². The van der Waals surface area contributed by atoms with Crippen LogP contribution in [-0.4, -0.2) is 21.8 Å². The summed E-state index contributed by atoms with van der Waals surface area (Å²) in [4.78, 5) is 1.34. The minimum Gasteiger partial charge on any atom is -0.166 e. The van der Waals surface area contributed by atoms with Gasteiger partial charge in [0.1, 0.15) is 5.69 Å². The predicted octanol–water partition coefficient (Wildman–Crippen LogP) is 1.41. The highest BCUT2D eigenvalue weighted by atomic mass is 15.6. The molecule has 4 heteroatoms. The molecule has 1 heterocycles. The molecule has 13 heavy (non-hydrogen) atoms. The normalized spacial score (nSPS) is 9.85. The van der Waals surface area contributed by atoms with Crippen LogP contribution in [0, 0.1) is 0 Å². The summed E-state index contributed by atoms with van der Waals surface area (Å²) >= 11 is 0. The van der Waals surface area contributed by atoms with Gasteiger partial charge in [-0.2, -0.15) is 5.10 Å². The van der Waals surface area contributed by atoms with Crippen molar-refractivity contribution in [2.75, 3.05) is 0 Å². The second-order valence-corrected chi connectivity index (χ2v) is 2.53. The number of hydrogen-bond donors (Lipinski definition) is 0. The van der Waals surface area contributed by atoms with Gasteiger partial charge < -0.3 is 0 Å². The summed E-state index contributed by atoms with van der Waals surface area (Å²) < 4.78 is 0. The predicted molar refractivity (Wildman–Crippen MR) is 50.4 cm³/mol. The lowest BCUT2D eigenvalue weighted by Crippen LogP contribution is -1.85. The lowest BCUT2D eigenvalue weighted by atomic mass is 10.2. The zero-order chi connectivity index (χ0) is 9.10. The third-order valence-electron chi connectivity index (χ3n) is 1.70. The van der Waals surface area contributed by atoms with E-state index in [1.54, 1.807) is 6.20 Å². The first-order chi connectivity index (χ1) is 6.40. The van der Waals surface area contributed by atoms with Crippen LogP contribution in [0.25, 0.3) is 11.3 Å². The van der Waals surface area contributed by atoms with Gasteiger partial charge in [0.25, 0.3) is 0 Å². The summed E-state index contributed by atoms with van der Waals surface area (Å²) in [6.45, 7) is 3.35. The molecule has 0 bridgehead atoms. The maximum Gasteiger partial charge on any atom is 0.115 e. The van der Waals surface area contributed by atoms with Gasteiger partial charge in [-0.05, 0) is 5.21 Å². The quantitative estimate of drug-likeness (QED) is 0.643. The van der Waals surface area contributed by atoms with Crippen LogP contribution >= 0.6 is 0 Å². The van der Waals surface area contributed by atoms with E-state index in [9.17, 15) is 0 Å². The smallest absolute Gasteiger partial charge is 0.115 e. The molecular formula is C9H8N4. The second-order valence-electron chi connectivity index (χ2n) is 2.53. The Hall–Kier alpha value is -1.97. The maximum absolute atomic E-state index is 3.94. The van der Waals surface area contributed by atoms with Crippen molar-refractivity contribution >= 4 is 6.72 Å². The van der Waals surface area contributed by atoms with Crippen LogP contribution in [-0.2, 0) is 0 Å². The van der Waals surface area contributed by atoms with Crippen LogP contribution in [0.2, 0.25) is 0 Å². The molecule has 64 valence electrons. The number of benzene rings is 1. The molecule has 0 amide bonds. The highest BCUT2D eigenvalue weighted by Crippen LogP contribution is 2.14. The van der Waals surface area contributed by atoms with Gasteiger partial charge in [0.2, 0.25) is 0 Å². The summed E-state index contributed by atoms with van der Waals surface area (Å²) in [6, 6.07) is 9.81. The molecule has 2 aromatic rings. The van der Waals surface area contributed by atoms with Crippen molar-refractivity contribution in [1.82, 2.24) is 15.1 Å². The Morgan fingerprint density at radius 1 is 1.23 bits per heavy atom. The third-order valence-corrected chi connectivity index (χ3v) is 1.70. The average Bonchev–Trinajstić information content (AvgIpc) is 2.67. The van der Waals surface area contributed by atoms with Crippen molar-refractivity contribution in [2.45, 2.75) is 0 Å². The lowest BCUT2D eigenvalue weighted by molar-refractivity contribution is 0.699. The van der Waals surface area contributed by atoms with Crippen LogP contribution in [0.3, 0.4) is 0 Å². The molecule has 2 rings (SSSR count). The van der Waals surface area contributed by atoms with Gasteiger partial charge in [-0.15, -0.1) is 9.89 Å². The Balaban J connectivity index is 2.41. The summed E-state index contributed by atoms with van der Waals surface area (Å²) in [5.41, 5.74) is 1.82. The molecule has 0 aliphatic heterocycles. The van der Waals surface area contributed by atoms with E-state index in [1.807, 2.05) is 30.3 Å². The van der Waals surface area contributed by atoms with E-state index in [0.717, 1.165) is 11.3 Å². The Labute approximate surface area is 75.5 Å². The van der Waals surface area contributed by atoms with Crippen molar-refractivity contribution < 1.29 is 0 Å². The Morgan fingerprint density at radius 3 is 2.62 bits per heavy atom. The fourth-order valence-electron chi connectivity index (χ4n) is 1.07. The SMILES string of the molecule is C=Nn1cc(-c2ccccc2)nn1. The minimum atomic E-state index is 0.799. The van der Waals surface area contributed by atoms with Crippen molar-refractivity contribution in [1.29, 1.82) is 0 Å². The molecule has 0 aliphatic carbocycles. The highest BCUT2D eigenvalue weighted by molar-refractivity contribution is 5.57. The van der Waals surface area contributed by atoms with Gasteiger partial charge in [-0.3, -0.25) is 0 Å². The van der Waals surface area contributed by atoms with Gasteiger partial charge in [-0.1, -0.05) is 30.3 Å². The first-order valence-electron chi connectivity index (χ1n) is 3.85. The van der Waals surface area contributed by atoms with E-state index < -0.39 is 0 Å². The number of rotatable bonds is 2. The van der Waals surface area contributed by atoms with E-state index in [4.69, 9.17) is 0 Å². The summed E-state index contributed by atoms with van der Waals surface area (Å²) in [6.07, 6.45) is 1.72. The molecule has 0 spiro atoms. The summed E-state index contributed by atoms with van der Waals surface area (Å²) in [7, 11) is 0. The van der Waals surface area contributed by atoms with Crippen molar-refractivity contribution in [3.63, 3.8) is 0 Å². The summed E-state index contributed by atoms with van der Waals surface area (Å²) in [5.74, 6) is 0. The summed E-state index contributed by atoms with van der Waals surface area (Å²) in [5, 5.41) is 11.3. The number of hydrogen-bond acceptors (Lipinski definition) is 3. The fourth-order valence-corrected chi connectivity index (χ4v) is 1.07. The minimum absolute atomic E-state index is 0.799. The van der Waals surface area contributed by atoms with Gasteiger partial charge >= 0.3 is 0 Å². The van der Waals surface area contributed by atoms with Crippen molar-refractivity contribution in [2.24, 2.45) is 5.10 Å². The van der Waals surface area contributed by atoms with Crippen LogP contribution in [0.4, 0.5) is 0 Å². The van der Waals surface area contributed by atoms with Crippen LogP contribution in [0.5, 0.6) is 0 Å². The van der Waals surface area contributed by atoms with Crippen LogP contribution < -0.4 is 0 Å². The molecule has 0 atom stereocenters. The number of nitrogens with zero attached hydrogens (tertiary/aromatic N) is 4. The first-order valence-corrected chi connectivity index (χ1v) is 3.85. The van der Waals surface area contributed by atoms with Crippen molar-refractivity contribution in [3.8, 4) is 11.3 Å². The molecule has 0 N–H and O–H groups in total. The average molecular weight is 172 g/mol. The second kappa shape index (κ2) is 3.18. The molecule has 1 aromatic carbocycles. The molecule has 0 radical (unpaired) electrons. The molecule has 0 unspecified atom stereocenters. The Morgan fingerprint density at radius 2 is 2.00 bits per heavy atom. The fraction of sp³-hybridized carbons (Fsp3) is 0. The van der Waals surface area contributed by atoms with Crippen LogP contribution in [0.1, 0.15) is 0 Å². The Bertz CT molecular complexity index is 405. The zero-order valence-corrected chi connectivity index (χ0v) is 6.96. The molecular weight excluding hydrogens is 164 g/mol.